The van der Waals surface area contributed by atoms with E-state index >= 15 is 0 Å². The largest absolute Gasteiger partial charge is 0.293 e. The average molecular weight is 292 g/mol. The van der Waals surface area contributed by atoms with Crippen molar-refractivity contribution in [2.24, 2.45) is 0 Å². The van der Waals surface area contributed by atoms with Crippen molar-refractivity contribution in [2.45, 2.75) is 17.4 Å². The normalized spacial score (nSPS) is 24.0. The third kappa shape index (κ3) is 2.54. The molecular formula is C12H11F3OS2. The standard InChI is InChI=1S/C12H11F3OS2/c1-6-12(18-5-4-17-6)11(16)7-2-3-8(13)10(15)9(7)14/h2-3,6,12H,4-5H2,1H3. The number of rotatable bonds is 2. The molecule has 0 aliphatic carbocycles. The topological polar surface area (TPSA) is 17.1 Å². The lowest BCUT2D eigenvalue weighted by Gasteiger charge is -2.26. The summed E-state index contributed by atoms with van der Waals surface area (Å²) in [6.45, 7) is 1.89. The lowest BCUT2D eigenvalue weighted by Crippen LogP contribution is -2.31. The van der Waals surface area contributed by atoms with Gasteiger partial charge < -0.3 is 0 Å². The Bertz CT molecular complexity index is 479. The molecule has 6 heteroatoms. The highest BCUT2D eigenvalue weighted by Gasteiger charge is 2.32. The Morgan fingerprint density at radius 2 is 1.83 bits per heavy atom. The minimum atomic E-state index is -1.58. The predicted octanol–water partition coefficient (Wildman–Crippen LogP) is 3.52. The van der Waals surface area contributed by atoms with Crippen LogP contribution in [0.4, 0.5) is 13.2 Å². The minimum absolute atomic E-state index is 0.0452. The highest BCUT2D eigenvalue weighted by Crippen LogP contribution is 2.33. The fraction of sp³-hybridized carbons (Fsp3) is 0.417. The van der Waals surface area contributed by atoms with E-state index in [2.05, 4.69) is 0 Å². The smallest absolute Gasteiger partial charge is 0.195 e. The van der Waals surface area contributed by atoms with Gasteiger partial charge in [0.25, 0.3) is 0 Å². The molecule has 18 heavy (non-hydrogen) atoms. The van der Waals surface area contributed by atoms with Gasteiger partial charge in [-0.25, -0.2) is 13.2 Å². The number of hydrogen-bond acceptors (Lipinski definition) is 3. The van der Waals surface area contributed by atoms with E-state index in [4.69, 9.17) is 0 Å². The quantitative estimate of drug-likeness (QED) is 0.613. The van der Waals surface area contributed by atoms with Crippen molar-refractivity contribution in [3.63, 3.8) is 0 Å². The van der Waals surface area contributed by atoms with Gasteiger partial charge in [-0.3, -0.25) is 4.79 Å². The van der Waals surface area contributed by atoms with E-state index in [0.717, 1.165) is 23.6 Å². The van der Waals surface area contributed by atoms with Crippen LogP contribution in [-0.4, -0.2) is 27.8 Å². The number of Topliss-reactive ketones (excluding diaryl/α,β-unsaturated/α-hetero) is 1. The lowest BCUT2D eigenvalue weighted by molar-refractivity contribution is 0.0984. The molecule has 1 saturated heterocycles. The molecule has 0 bridgehead atoms. The van der Waals surface area contributed by atoms with Crippen molar-refractivity contribution >= 4 is 29.3 Å². The minimum Gasteiger partial charge on any atom is -0.293 e. The summed E-state index contributed by atoms with van der Waals surface area (Å²) >= 11 is 3.07. The molecule has 1 aromatic rings. The molecule has 2 rings (SSSR count). The van der Waals surface area contributed by atoms with Gasteiger partial charge in [-0.15, -0.1) is 11.8 Å². The molecule has 2 unspecified atom stereocenters. The molecule has 0 amide bonds. The van der Waals surface area contributed by atoms with Crippen molar-refractivity contribution in [2.75, 3.05) is 11.5 Å². The van der Waals surface area contributed by atoms with E-state index in [1.165, 1.54) is 11.8 Å². The molecule has 2 atom stereocenters. The van der Waals surface area contributed by atoms with E-state index in [9.17, 15) is 18.0 Å². The Kier molecular flexibility index (Phi) is 4.27. The summed E-state index contributed by atoms with van der Waals surface area (Å²) in [5.41, 5.74) is -0.360. The van der Waals surface area contributed by atoms with Gasteiger partial charge in [0.15, 0.2) is 23.2 Å². The molecule has 0 spiro atoms. The van der Waals surface area contributed by atoms with E-state index in [1.54, 1.807) is 11.8 Å². The molecule has 98 valence electrons. The Morgan fingerprint density at radius 1 is 1.17 bits per heavy atom. The van der Waals surface area contributed by atoms with Gasteiger partial charge in [-0.1, -0.05) is 6.92 Å². The lowest BCUT2D eigenvalue weighted by atomic mass is 10.1. The predicted molar refractivity (Wildman–Crippen MR) is 68.8 cm³/mol. The first-order valence-corrected chi connectivity index (χ1v) is 7.53. The molecular weight excluding hydrogens is 281 g/mol. The first-order chi connectivity index (χ1) is 8.52. The second-order valence-electron chi connectivity index (χ2n) is 3.95. The molecule has 1 aromatic carbocycles. The maximum Gasteiger partial charge on any atom is 0.195 e. The summed E-state index contributed by atoms with van der Waals surface area (Å²) in [6, 6.07) is 1.81. The molecule has 0 aromatic heterocycles. The molecule has 1 aliphatic rings. The average Bonchev–Trinajstić information content (AvgIpc) is 2.36. The zero-order valence-corrected chi connectivity index (χ0v) is 11.2. The van der Waals surface area contributed by atoms with Crippen LogP contribution in [0.3, 0.4) is 0 Å². The zero-order chi connectivity index (χ0) is 13.3. The van der Waals surface area contributed by atoms with Gasteiger partial charge in [0, 0.05) is 16.8 Å². The number of carbonyl (C=O) groups is 1. The van der Waals surface area contributed by atoms with Crippen LogP contribution in [0, 0.1) is 17.5 Å². The van der Waals surface area contributed by atoms with Gasteiger partial charge >= 0.3 is 0 Å². The van der Waals surface area contributed by atoms with Crippen LogP contribution >= 0.6 is 23.5 Å². The van der Waals surface area contributed by atoms with Crippen molar-refractivity contribution < 1.29 is 18.0 Å². The van der Waals surface area contributed by atoms with E-state index < -0.39 is 28.5 Å². The summed E-state index contributed by atoms with van der Waals surface area (Å²) in [5.74, 6) is -2.96. The molecule has 1 fully saturated rings. The number of halogens is 3. The summed E-state index contributed by atoms with van der Waals surface area (Å²) in [6.07, 6.45) is 0. The second-order valence-corrected chi connectivity index (χ2v) is 6.69. The van der Waals surface area contributed by atoms with Crippen LogP contribution in [-0.2, 0) is 0 Å². The third-order valence-corrected chi connectivity index (χ3v) is 5.84. The monoisotopic (exact) mass is 292 g/mol. The van der Waals surface area contributed by atoms with Crippen LogP contribution in [0.15, 0.2) is 12.1 Å². The molecule has 1 nitrogen and oxygen atoms in total. The molecule has 1 heterocycles. The van der Waals surface area contributed by atoms with Gasteiger partial charge in [-0.05, 0) is 12.1 Å². The SMILES string of the molecule is CC1SCCSC1C(=O)c1ccc(F)c(F)c1F. The fourth-order valence-corrected chi connectivity index (χ4v) is 4.50. The summed E-state index contributed by atoms with van der Waals surface area (Å²) in [4.78, 5) is 12.1. The highest BCUT2D eigenvalue weighted by atomic mass is 32.2. The summed E-state index contributed by atoms with van der Waals surface area (Å²) in [7, 11) is 0. The Hall–Kier alpha value is -0.620. The van der Waals surface area contributed by atoms with Gasteiger partial charge in [0.2, 0.25) is 0 Å². The van der Waals surface area contributed by atoms with Crippen molar-refractivity contribution in [1.29, 1.82) is 0 Å². The Morgan fingerprint density at radius 3 is 2.50 bits per heavy atom. The van der Waals surface area contributed by atoms with Gasteiger partial charge in [0.1, 0.15) is 0 Å². The number of carbonyl (C=O) groups excluding carboxylic acids is 1. The van der Waals surface area contributed by atoms with Crippen LogP contribution in [0.2, 0.25) is 0 Å². The fourth-order valence-electron chi connectivity index (χ4n) is 1.79. The Labute approximate surface area is 112 Å². The number of hydrogen-bond donors (Lipinski definition) is 0. The van der Waals surface area contributed by atoms with Crippen LogP contribution < -0.4 is 0 Å². The van der Waals surface area contributed by atoms with Gasteiger partial charge in [-0.2, -0.15) is 11.8 Å². The Balaban J connectivity index is 2.31. The summed E-state index contributed by atoms with van der Waals surface area (Å²) in [5, 5.41) is -0.355. The third-order valence-electron chi connectivity index (χ3n) is 2.75. The highest BCUT2D eigenvalue weighted by molar-refractivity contribution is 8.07. The molecule has 0 saturated carbocycles. The van der Waals surface area contributed by atoms with E-state index in [1.807, 2.05) is 6.92 Å². The molecule has 0 N–H and O–H groups in total. The summed E-state index contributed by atoms with van der Waals surface area (Å²) < 4.78 is 39.5. The van der Waals surface area contributed by atoms with Crippen LogP contribution in [0.25, 0.3) is 0 Å². The zero-order valence-electron chi connectivity index (χ0n) is 9.58. The van der Waals surface area contributed by atoms with Crippen molar-refractivity contribution in [3.8, 4) is 0 Å². The second kappa shape index (κ2) is 5.57. The first-order valence-electron chi connectivity index (χ1n) is 5.43. The van der Waals surface area contributed by atoms with E-state index in [-0.39, 0.29) is 10.8 Å². The molecule has 1 aliphatic heterocycles. The molecule has 0 radical (unpaired) electrons. The van der Waals surface area contributed by atoms with Crippen LogP contribution in [0.1, 0.15) is 17.3 Å². The number of ketones is 1. The number of thioether (sulfide) groups is 2. The maximum atomic E-state index is 13.5. The first kappa shape index (κ1) is 13.8. The van der Waals surface area contributed by atoms with Gasteiger partial charge in [0.05, 0.1) is 10.8 Å². The maximum absolute atomic E-state index is 13.5. The van der Waals surface area contributed by atoms with Crippen molar-refractivity contribution in [1.82, 2.24) is 0 Å². The van der Waals surface area contributed by atoms with Crippen molar-refractivity contribution in [3.05, 3.63) is 35.1 Å². The van der Waals surface area contributed by atoms with Crippen LogP contribution in [0.5, 0.6) is 0 Å². The van der Waals surface area contributed by atoms with E-state index in [0.29, 0.717) is 0 Å². The number of benzene rings is 1.